The van der Waals surface area contributed by atoms with E-state index >= 15 is 0 Å². The highest BCUT2D eigenvalue weighted by Crippen LogP contribution is 2.48. The highest BCUT2D eigenvalue weighted by atomic mass is 16.7. The minimum atomic E-state index is -0.495. The molecule has 0 bridgehead atoms. The van der Waals surface area contributed by atoms with E-state index in [4.69, 9.17) is 9.47 Å². The van der Waals surface area contributed by atoms with Gasteiger partial charge in [-0.3, -0.25) is 4.79 Å². The van der Waals surface area contributed by atoms with Crippen molar-refractivity contribution in [3.05, 3.63) is 47.5 Å². The summed E-state index contributed by atoms with van der Waals surface area (Å²) in [5.74, 6) is 1.46. The van der Waals surface area contributed by atoms with Crippen LogP contribution in [-0.4, -0.2) is 24.4 Å². The summed E-state index contributed by atoms with van der Waals surface area (Å²) in [5, 5.41) is 10.5. The van der Waals surface area contributed by atoms with Crippen molar-refractivity contribution in [1.29, 1.82) is 0 Å². The van der Waals surface area contributed by atoms with Crippen molar-refractivity contribution in [3.63, 3.8) is 0 Å². The molecule has 5 heteroatoms. The molecular formula is C20H19NO4. The Morgan fingerprint density at radius 1 is 1.08 bits per heavy atom. The van der Waals surface area contributed by atoms with E-state index in [0.29, 0.717) is 17.1 Å². The van der Waals surface area contributed by atoms with Crippen molar-refractivity contribution in [2.45, 2.75) is 25.2 Å². The van der Waals surface area contributed by atoms with Gasteiger partial charge in [0.1, 0.15) is 5.75 Å². The third-order valence-electron chi connectivity index (χ3n) is 5.34. The van der Waals surface area contributed by atoms with Gasteiger partial charge in [0, 0.05) is 23.9 Å². The molecule has 1 fully saturated rings. The largest absolute Gasteiger partial charge is 0.507 e. The molecule has 2 aromatic rings. The topological polar surface area (TPSA) is 59.0 Å². The second-order valence-corrected chi connectivity index (χ2v) is 6.98. The average molecular weight is 337 g/mol. The molecule has 1 unspecified atom stereocenters. The van der Waals surface area contributed by atoms with Gasteiger partial charge in [-0.15, -0.1) is 0 Å². The molecule has 1 saturated carbocycles. The summed E-state index contributed by atoms with van der Waals surface area (Å²) in [5.41, 5.74) is 2.48. The molecule has 0 spiro atoms. The first-order chi connectivity index (χ1) is 12.2. The number of hydrogen-bond acceptors (Lipinski definition) is 4. The lowest BCUT2D eigenvalue weighted by atomic mass is 9.91. The molecular weight excluding hydrogens is 318 g/mol. The molecule has 1 aliphatic carbocycles. The van der Waals surface area contributed by atoms with Crippen LogP contribution >= 0.6 is 0 Å². The predicted molar refractivity (Wildman–Crippen MR) is 92.2 cm³/mol. The monoisotopic (exact) mass is 337 g/mol. The van der Waals surface area contributed by atoms with E-state index in [-0.39, 0.29) is 18.4 Å². The first kappa shape index (κ1) is 14.6. The fourth-order valence-corrected chi connectivity index (χ4v) is 3.81. The van der Waals surface area contributed by atoms with E-state index in [0.717, 1.165) is 30.1 Å². The molecule has 1 N–H and O–H groups in total. The zero-order valence-corrected chi connectivity index (χ0v) is 13.8. The molecule has 3 aliphatic rings. The molecule has 1 atom stereocenters. The first-order valence-electron chi connectivity index (χ1n) is 8.75. The summed E-state index contributed by atoms with van der Waals surface area (Å²) in [6.07, 6.45) is 3.59. The van der Waals surface area contributed by atoms with Crippen LogP contribution in [-0.2, 0) is 4.79 Å². The lowest BCUT2D eigenvalue weighted by Gasteiger charge is -2.18. The smallest absolute Gasteiger partial charge is 0.239 e. The Bertz CT molecular complexity index is 859. The van der Waals surface area contributed by atoms with E-state index in [1.54, 1.807) is 12.1 Å². The number of anilines is 1. The van der Waals surface area contributed by atoms with Crippen LogP contribution in [0.3, 0.4) is 0 Å². The van der Waals surface area contributed by atoms with Gasteiger partial charge in [-0.2, -0.15) is 0 Å². The maximum Gasteiger partial charge on any atom is 0.239 e. The van der Waals surface area contributed by atoms with E-state index < -0.39 is 5.92 Å². The van der Waals surface area contributed by atoms with Crippen molar-refractivity contribution >= 4 is 11.6 Å². The highest BCUT2D eigenvalue weighted by Gasteiger charge is 2.40. The summed E-state index contributed by atoms with van der Waals surface area (Å²) < 4.78 is 10.7. The Hall–Kier alpha value is -2.69. The number of amides is 1. The SMILES string of the molecule is O=C1C(c2cc3c(cc2O)OCO3)c2ccccc2N1CCC1CC1. The van der Waals surface area contributed by atoms with Crippen LogP contribution < -0.4 is 14.4 Å². The molecule has 0 radical (unpaired) electrons. The van der Waals surface area contributed by atoms with E-state index in [1.807, 2.05) is 29.2 Å². The van der Waals surface area contributed by atoms with Crippen LogP contribution in [0.25, 0.3) is 0 Å². The van der Waals surface area contributed by atoms with Gasteiger partial charge in [0.2, 0.25) is 12.7 Å². The third kappa shape index (κ3) is 2.34. The zero-order chi connectivity index (χ0) is 17.0. The number of fused-ring (bicyclic) bond motifs is 2. The number of carbonyl (C=O) groups excluding carboxylic acids is 1. The second-order valence-electron chi connectivity index (χ2n) is 6.98. The van der Waals surface area contributed by atoms with E-state index in [2.05, 4.69) is 0 Å². The van der Waals surface area contributed by atoms with Crippen LogP contribution in [0.15, 0.2) is 36.4 Å². The van der Waals surface area contributed by atoms with Crippen LogP contribution in [0, 0.1) is 5.92 Å². The molecule has 2 aliphatic heterocycles. The molecule has 128 valence electrons. The lowest BCUT2D eigenvalue weighted by Crippen LogP contribution is -2.30. The molecule has 5 nitrogen and oxygen atoms in total. The van der Waals surface area contributed by atoms with Crippen LogP contribution in [0.5, 0.6) is 17.2 Å². The van der Waals surface area contributed by atoms with Gasteiger partial charge < -0.3 is 19.5 Å². The number of aromatic hydroxyl groups is 1. The number of rotatable bonds is 4. The Balaban J connectivity index is 1.56. The van der Waals surface area contributed by atoms with Gasteiger partial charge in [0.05, 0.1) is 5.92 Å². The lowest BCUT2D eigenvalue weighted by molar-refractivity contribution is -0.118. The molecule has 2 aromatic carbocycles. The maximum atomic E-state index is 13.2. The van der Waals surface area contributed by atoms with E-state index in [1.165, 1.54) is 12.8 Å². The third-order valence-corrected chi connectivity index (χ3v) is 5.34. The number of phenolic OH excluding ortho intramolecular Hbond substituents is 1. The van der Waals surface area contributed by atoms with Crippen molar-refractivity contribution < 1.29 is 19.4 Å². The summed E-state index contributed by atoms with van der Waals surface area (Å²) in [4.78, 5) is 15.1. The number of hydrogen-bond donors (Lipinski definition) is 1. The molecule has 2 heterocycles. The molecule has 0 aromatic heterocycles. The number of benzene rings is 2. The Labute approximate surface area is 145 Å². The second kappa shape index (κ2) is 5.41. The van der Waals surface area contributed by atoms with Gasteiger partial charge in [-0.25, -0.2) is 0 Å². The number of phenols is 1. The molecule has 0 saturated heterocycles. The fourth-order valence-electron chi connectivity index (χ4n) is 3.81. The minimum absolute atomic E-state index is 0.0241. The summed E-state index contributed by atoms with van der Waals surface area (Å²) >= 11 is 0. The highest BCUT2D eigenvalue weighted by molar-refractivity contribution is 6.07. The predicted octanol–water partition coefficient (Wildman–Crippen LogP) is 3.40. The molecule has 25 heavy (non-hydrogen) atoms. The van der Waals surface area contributed by atoms with Gasteiger partial charge >= 0.3 is 0 Å². The standard InChI is InChI=1S/C20H19NO4/c22-16-10-18-17(24-11-25-18)9-14(16)19-13-3-1-2-4-15(13)21(20(19)23)8-7-12-5-6-12/h1-4,9-10,12,19,22H,5-8,11H2. The van der Waals surface area contributed by atoms with Gasteiger partial charge in [-0.05, 0) is 30.0 Å². The number of para-hydroxylation sites is 1. The van der Waals surface area contributed by atoms with Crippen molar-refractivity contribution in [3.8, 4) is 17.2 Å². The summed E-state index contributed by atoms with van der Waals surface area (Å²) in [6.45, 7) is 0.878. The quantitative estimate of drug-likeness (QED) is 0.929. The Morgan fingerprint density at radius 3 is 2.64 bits per heavy atom. The van der Waals surface area contributed by atoms with Crippen molar-refractivity contribution in [1.82, 2.24) is 0 Å². The average Bonchev–Trinajstić information content (AvgIpc) is 3.26. The number of carbonyl (C=O) groups is 1. The number of nitrogens with zero attached hydrogens (tertiary/aromatic N) is 1. The Kier molecular flexibility index (Phi) is 3.17. The van der Waals surface area contributed by atoms with E-state index in [9.17, 15) is 9.90 Å². The number of ether oxygens (including phenoxy) is 2. The van der Waals surface area contributed by atoms with Gasteiger partial charge in [0.15, 0.2) is 11.5 Å². The zero-order valence-electron chi connectivity index (χ0n) is 13.8. The van der Waals surface area contributed by atoms with Crippen molar-refractivity contribution in [2.75, 3.05) is 18.2 Å². The Morgan fingerprint density at radius 2 is 1.84 bits per heavy atom. The van der Waals surface area contributed by atoms with Gasteiger partial charge in [-0.1, -0.05) is 31.0 Å². The summed E-state index contributed by atoms with van der Waals surface area (Å²) in [7, 11) is 0. The van der Waals surface area contributed by atoms with Crippen molar-refractivity contribution in [2.24, 2.45) is 5.92 Å². The molecule has 1 amide bonds. The van der Waals surface area contributed by atoms with Crippen LogP contribution in [0.2, 0.25) is 0 Å². The normalized spacial score (nSPS) is 20.9. The summed E-state index contributed by atoms with van der Waals surface area (Å²) in [6, 6.07) is 11.1. The van der Waals surface area contributed by atoms with Gasteiger partial charge in [0.25, 0.3) is 0 Å². The fraction of sp³-hybridized carbons (Fsp3) is 0.350. The van der Waals surface area contributed by atoms with Crippen LogP contribution in [0.1, 0.15) is 36.3 Å². The molecule has 5 rings (SSSR count). The van der Waals surface area contributed by atoms with Crippen LogP contribution in [0.4, 0.5) is 5.69 Å². The first-order valence-corrected chi connectivity index (χ1v) is 8.75. The maximum absolute atomic E-state index is 13.2. The minimum Gasteiger partial charge on any atom is -0.507 e.